The molecule has 1 aliphatic heterocycles. The van der Waals surface area contributed by atoms with Gasteiger partial charge in [0.05, 0.1) is 10.7 Å². The van der Waals surface area contributed by atoms with E-state index in [0.29, 0.717) is 0 Å². The van der Waals surface area contributed by atoms with Gasteiger partial charge in [0.1, 0.15) is 0 Å². The van der Waals surface area contributed by atoms with Crippen molar-refractivity contribution in [2.45, 2.75) is 26.4 Å². The van der Waals surface area contributed by atoms with Crippen LogP contribution in [0.15, 0.2) is 0 Å². The molecule has 0 saturated carbocycles. The Morgan fingerprint density at radius 3 is 2.69 bits per heavy atom. The third-order valence-electron chi connectivity index (χ3n) is 2.20. The van der Waals surface area contributed by atoms with Crippen LogP contribution in [0.25, 0.3) is 0 Å². The van der Waals surface area contributed by atoms with Gasteiger partial charge in [-0.05, 0) is 13.8 Å². The van der Waals surface area contributed by atoms with Gasteiger partial charge in [0.2, 0.25) is 0 Å². The maximum Gasteiger partial charge on any atom is 0.0900 e. The van der Waals surface area contributed by atoms with Gasteiger partial charge in [-0.3, -0.25) is 0 Å². The highest BCUT2D eigenvalue weighted by Gasteiger charge is 2.17. The molecule has 0 aromatic carbocycles. The highest BCUT2D eigenvalue weighted by atomic mass is 32.2. The van der Waals surface area contributed by atoms with Crippen molar-refractivity contribution < 1.29 is 0 Å². The van der Waals surface area contributed by atoms with Gasteiger partial charge in [-0.15, -0.1) is 11.3 Å². The average molecular weight is 214 g/mol. The van der Waals surface area contributed by atoms with E-state index in [1.165, 1.54) is 27.1 Å². The molecule has 0 unspecified atom stereocenters. The predicted molar refractivity (Wildman–Crippen MR) is 59.5 cm³/mol. The first-order chi connectivity index (χ1) is 6.25. The third kappa shape index (κ3) is 2.24. The second-order valence-electron chi connectivity index (χ2n) is 3.35. The van der Waals surface area contributed by atoms with Crippen molar-refractivity contribution in [2.24, 2.45) is 0 Å². The lowest BCUT2D eigenvalue weighted by atomic mass is 10.3. The standard InChI is InChI=1S/C9H14N2S2/c1-6-9(11-7(2)13-6)3-10-8-4-12-5-8/h8,10H,3-5H2,1-2H3. The summed E-state index contributed by atoms with van der Waals surface area (Å²) in [6.45, 7) is 5.17. The minimum Gasteiger partial charge on any atom is -0.307 e. The molecule has 0 bridgehead atoms. The second-order valence-corrected chi connectivity index (χ2v) is 5.83. The Morgan fingerprint density at radius 2 is 2.23 bits per heavy atom. The summed E-state index contributed by atoms with van der Waals surface area (Å²) < 4.78 is 0. The summed E-state index contributed by atoms with van der Waals surface area (Å²) in [6, 6.07) is 0.728. The predicted octanol–water partition coefficient (Wildman–Crippen LogP) is 1.96. The molecular formula is C9H14N2S2. The first-order valence-corrected chi connectivity index (χ1v) is 6.47. The van der Waals surface area contributed by atoms with Crippen molar-refractivity contribution in [1.82, 2.24) is 10.3 Å². The molecule has 1 aromatic heterocycles. The van der Waals surface area contributed by atoms with Crippen molar-refractivity contribution in [3.63, 3.8) is 0 Å². The fourth-order valence-corrected chi connectivity index (χ4v) is 2.87. The Bertz CT molecular complexity index is 292. The minimum atomic E-state index is 0.728. The quantitative estimate of drug-likeness (QED) is 0.832. The summed E-state index contributed by atoms with van der Waals surface area (Å²) in [6.07, 6.45) is 0. The number of aryl methyl sites for hydroxylation is 2. The van der Waals surface area contributed by atoms with E-state index in [1.54, 1.807) is 11.3 Å². The van der Waals surface area contributed by atoms with Crippen LogP contribution in [0.1, 0.15) is 15.6 Å². The molecular weight excluding hydrogens is 200 g/mol. The Labute approximate surface area is 87.1 Å². The molecule has 1 saturated heterocycles. The van der Waals surface area contributed by atoms with Crippen molar-refractivity contribution in [3.8, 4) is 0 Å². The number of nitrogens with zero attached hydrogens (tertiary/aromatic N) is 1. The number of rotatable bonds is 3. The normalized spacial score (nSPS) is 17.4. The molecule has 2 nitrogen and oxygen atoms in total. The van der Waals surface area contributed by atoms with E-state index in [-0.39, 0.29) is 0 Å². The first kappa shape index (κ1) is 9.49. The summed E-state index contributed by atoms with van der Waals surface area (Å²) in [5.41, 5.74) is 1.24. The van der Waals surface area contributed by atoms with Crippen LogP contribution < -0.4 is 5.32 Å². The molecule has 1 aliphatic rings. The van der Waals surface area contributed by atoms with Gasteiger partial charge in [-0.2, -0.15) is 11.8 Å². The summed E-state index contributed by atoms with van der Waals surface area (Å²) in [4.78, 5) is 5.85. The molecule has 1 aromatic rings. The molecule has 0 radical (unpaired) electrons. The summed E-state index contributed by atoms with van der Waals surface area (Å²) >= 11 is 3.80. The third-order valence-corrected chi connectivity index (χ3v) is 4.40. The smallest absolute Gasteiger partial charge is 0.0900 e. The molecule has 0 atom stereocenters. The Hall–Kier alpha value is -0.0600. The van der Waals surface area contributed by atoms with Gasteiger partial charge in [-0.25, -0.2) is 4.98 Å². The Balaban J connectivity index is 1.89. The number of hydrogen-bond donors (Lipinski definition) is 1. The van der Waals surface area contributed by atoms with Crippen LogP contribution in [0.3, 0.4) is 0 Å². The van der Waals surface area contributed by atoms with Crippen LogP contribution in [0.4, 0.5) is 0 Å². The number of thioether (sulfide) groups is 1. The largest absolute Gasteiger partial charge is 0.307 e. The lowest BCUT2D eigenvalue weighted by Gasteiger charge is -2.25. The lowest BCUT2D eigenvalue weighted by molar-refractivity contribution is 0.576. The zero-order valence-corrected chi connectivity index (χ0v) is 9.60. The van der Waals surface area contributed by atoms with E-state index >= 15 is 0 Å². The molecule has 0 spiro atoms. The zero-order chi connectivity index (χ0) is 9.26. The highest BCUT2D eigenvalue weighted by Crippen LogP contribution is 2.19. The molecule has 0 amide bonds. The molecule has 1 N–H and O–H groups in total. The molecule has 13 heavy (non-hydrogen) atoms. The van der Waals surface area contributed by atoms with Crippen LogP contribution in [0, 0.1) is 13.8 Å². The van der Waals surface area contributed by atoms with E-state index in [4.69, 9.17) is 0 Å². The van der Waals surface area contributed by atoms with Gasteiger partial charge in [0, 0.05) is 29.0 Å². The van der Waals surface area contributed by atoms with Gasteiger partial charge in [-0.1, -0.05) is 0 Å². The molecule has 2 rings (SSSR count). The second kappa shape index (κ2) is 3.98. The maximum absolute atomic E-state index is 4.49. The van der Waals surface area contributed by atoms with E-state index in [2.05, 4.69) is 24.1 Å². The number of nitrogens with one attached hydrogen (secondary N) is 1. The van der Waals surface area contributed by atoms with Crippen molar-refractivity contribution in [1.29, 1.82) is 0 Å². The first-order valence-electron chi connectivity index (χ1n) is 4.50. The Morgan fingerprint density at radius 1 is 1.46 bits per heavy atom. The van der Waals surface area contributed by atoms with Gasteiger partial charge in [0.25, 0.3) is 0 Å². The number of hydrogen-bond acceptors (Lipinski definition) is 4. The van der Waals surface area contributed by atoms with E-state index < -0.39 is 0 Å². The fraction of sp³-hybridized carbons (Fsp3) is 0.667. The molecule has 4 heteroatoms. The van der Waals surface area contributed by atoms with Crippen LogP contribution in [-0.2, 0) is 6.54 Å². The van der Waals surface area contributed by atoms with E-state index in [1.807, 2.05) is 11.8 Å². The van der Waals surface area contributed by atoms with Crippen molar-refractivity contribution in [3.05, 3.63) is 15.6 Å². The monoisotopic (exact) mass is 214 g/mol. The zero-order valence-electron chi connectivity index (χ0n) is 7.96. The van der Waals surface area contributed by atoms with Crippen molar-refractivity contribution in [2.75, 3.05) is 11.5 Å². The number of aromatic nitrogens is 1. The fourth-order valence-electron chi connectivity index (χ4n) is 1.33. The SMILES string of the molecule is Cc1nc(CNC2CSC2)c(C)s1. The lowest BCUT2D eigenvalue weighted by Crippen LogP contribution is -2.39. The van der Waals surface area contributed by atoms with E-state index in [9.17, 15) is 0 Å². The summed E-state index contributed by atoms with van der Waals surface area (Å²) in [5.74, 6) is 2.53. The minimum absolute atomic E-state index is 0.728. The van der Waals surface area contributed by atoms with Crippen LogP contribution in [-0.4, -0.2) is 22.5 Å². The topological polar surface area (TPSA) is 24.9 Å². The van der Waals surface area contributed by atoms with Gasteiger partial charge >= 0.3 is 0 Å². The maximum atomic E-state index is 4.49. The molecule has 72 valence electrons. The van der Waals surface area contributed by atoms with Crippen LogP contribution >= 0.6 is 23.1 Å². The van der Waals surface area contributed by atoms with Crippen LogP contribution in [0.5, 0.6) is 0 Å². The Kier molecular flexibility index (Phi) is 2.91. The highest BCUT2D eigenvalue weighted by molar-refractivity contribution is 8.00. The van der Waals surface area contributed by atoms with E-state index in [0.717, 1.165) is 12.6 Å². The molecule has 0 aliphatic carbocycles. The summed E-state index contributed by atoms with van der Waals surface area (Å²) in [7, 11) is 0. The van der Waals surface area contributed by atoms with Gasteiger partial charge in [0.15, 0.2) is 0 Å². The van der Waals surface area contributed by atoms with Crippen LogP contribution in [0.2, 0.25) is 0 Å². The van der Waals surface area contributed by atoms with Gasteiger partial charge < -0.3 is 5.32 Å². The number of thiazole rings is 1. The molecule has 1 fully saturated rings. The summed E-state index contributed by atoms with van der Waals surface area (Å²) in [5, 5.41) is 4.69. The molecule has 2 heterocycles. The average Bonchev–Trinajstić information content (AvgIpc) is 2.27. The van der Waals surface area contributed by atoms with Crippen molar-refractivity contribution >= 4 is 23.1 Å².